The van der Waals surface area contributed by atoms with Gasteiger partial charge in [-0.1, -0.05) is 47.5 Å². The van der Waals surface area contributed by atoms with Crippen LogP contribution in [0.15, 0.2) is 48.5 Å². The predicted molar refractivity (Wildman–Crippen MR) is 128 cm³/mol. The SMILES string of the molecule is COc1cc(C(=O)Oc2c(Cl)cc(Cl)cc2C=Cc2cccc(C(F)(F)F)c2)cc(OC)c1OC. The molecule has 35 heavy (non-hydrogen) atoms. The minimum absolute atomic E-state index is 0.0296. The quantitative estimate of drug-likeness (QED) is 0.182. The average molecular weight is 527 g/mol. The summed E-state index contributed by atoms with van der Waals surface area (Å²) in [6.07, 6.45) is -1.61. The monoisotopic (exact) mass is 526 g/mol. The van der Waals surface area contributed by atoms with Crippen LogP contribution in [0.5, 0.6) is 23.0 Å². The fourth-order valence-electron chi connectivity index (χ4n) is 3.17. The first-order chi connectivity index (χ1) is 16.6. The first kappa shape index (κ1) is 26.2. The van der Waals surface area contributed by atoms with Crippen LogP contribution in [0.25, 0.3) is 12.2 Å². The first-order valence-corrected chi connectivity index (χ1v) is 10.7. The molecule has 0 bridgehead atoms. The van der Waals surface area contributed by atoms with Crippen LogP contribution >= 0.6 is 23.2 Å². The molecule has 0 N–H and O–H groups in total. The largest absolute Gasteiger partial charge is 0.493 e. The number of methoxy groups -OCH3 is 3. The molecule has 0 aromatic heterocycles. The van der Waals surface area contributed by atoms with Crippen LogP contribution in [0.3, 0.4) is 0 Å². The van der Waals surface area contributed by atoms with Gasteiger partial charge in [0.1, 0.15) is 0 Å². The lowest BCUT2D eigenvalue weighted by Gasteiger charge is -2.15. The van der Waals surface area contributed by atoms with Crippen molar-refractivity contribution in [3.63, 3.8) is 0 Å². The highest BCUT2D eigenvalue weighted by molar-refractivity contribution is 6.36. The lowest BCUT2D eigenvalue weighted by atomic mass is 10.1. The molecule has 0 unspecified atom stereocenters. The molecular weight excluding hydrogens is 508 g/mol. The van der Waals surface area contributed by atoms with E-state index in [4.69, 9.17) is 42.1 Å². The van der Waals surface area contributed by atoms with E-state index >= 15 is 0 Å². The third-order valence-corrected chi connectivity index (χ3v) is 5.30. The van der Waals surface area contributed by atoms with E-state index in [-0.39, 0.29) is 44.0 Å². The molecule has 0 radical (unpaired) electrons. The van der Waals surface area contributed by atoms with Crippen LogP contribution in [0, 0.1) is 0 Å². The Morgan fingerprint density at radius 2 is 1.51 bits per heavy atom. The molecule has 0 aliphatic heterocycles. The number of rotatable bonds is 7. The summed E-state index contributed by atoms with van der Waals surface area (Å²) in [6, 6.07) is 10.4. The summed E-state index contributed by atoms with van der Waals surface area (Å²) < 4.78 is 60.4. The van der Waals surface area contributed by atoms with Gasteiger partial charge in [0.2, 0.25) is 5.75 Å². The van der Waals surface area contributed by atoms with Gasteiger partial charge in [-0.15, -0.1) is 0 Å². The maximum atomic E-state index is 13.0. The summed E-state index contributed by atoms with van der Waals surface area (Å²) in [4.78, 5) is 13.0. The molecule has 0 spiro atoms. The van der Waals surface area contributed by atoms with Crippen molar-refractivity contribution in [2.45, 2.75) is 6.18 Å². The van der Waals surface area contributed by atoms with Crippen molar-refractivity contribution in [2.75, 3.05) is 21.3 Å². The number of halogens is 5. The number of ether oxygens (including phenoxy) is 4. The van der Waals surface area contributed by atoms with E-state index in [1.165, 1.54) is 69.9 Å². The standard InChI is InChI=1S/C25H19Cl2F3O5/c1-32-20-11-16(12-21(33-2)23(20)34-3)24(31)35-22-15(10-18(26)13-19(22)27)8-7-14-5-4-6-17(9-14)25(28,29)30/h4-13H,1-3H3. The minimum Gasteiger partial charge on any atom is -0.493 e. The molecule has 0 aliphatic carbocycles. The van der Waals surface area contributed by atoms with Crippen molar-refractivity contribution in [1.82, 2.24) is 0 Å². The molecule has 0 saturated carbocycles. The second kappa shape index (κ2) is 10.9. The number of carbonyl (C=O) groups excluding carboxylic acids is 1. The van der Waals surface area contributed by atoms with E-state index in [1.54, 1.807) is 0 Å². The van der Waals surface area contributed by atoms with Gasteiger partial charge in [0.15, 0.2) is 17.2 Å². The van der Waals surface area contributed by atoms with Gasteiger partial charge < -0.3 is 18.9 Å². The topological polar surface area (TPSA) is 54.0 Å². The number of alkyl halides is 3. The van der Waals surface area contributed by atoms with Crippen molar-refractivity contribution in [1.29, 1.82) is 0 Å². The van der Waals surface area contributed by atoms with Gasteiger partial charge in [-0.2, -0.15) is 13.2 Å². The molecule has 184 valence electrons. The Balaban J connectivity index is 1.98. The van der Waals surface area contributed by atoms with Gasteiger partial charge in [-0.25, -0.2) is 4.79 Å². The second-order valence-electron chi connectivity index (χ2n) is 7.07. The van der Waals surface area contributed by atoms with Crippen LogP contribution < -0.4 is 18.9 Å². The third-order valence-electron chi connectivity index (χ3n) is 4.80. The maximum absolute atomic E-state index is 13.0. The molecule has 5 nitrogen and oxygen atoms in total. The van der Waals surface area contributed by atoms with Crippen molar-refractivity contribution in [3.8, 4) is 23.0 Å². The second-order valence-corrected chi connectivity index (χ2v) is 7.91. The Bertz CT molecular complexity index is 1250. The molecule has 0 atom stereocenters. The Hall–Kier alpha value is -3.36. The molecular formula is C25H19Cl2F3O5. The molecule has 3 aromatic rings. The highest BCUT2D eigenvalue weighted by atomic mass is 35.5. The zero-order valence-corrected chi connectivity index (χ0v) is 20.2. The zero-order valence-electron chi connectivity index (χ0n) is 18.7. The van der Waals surface area contributed by atoms with E-state index in [0.29, 0.717) is 5.75 Å². The lowest BCUT2D eigenvalue weighted by Crippen LogP contribution is -2.11. The molecule has 3 rings (SSSR count). The molecule has 10 heteroatoms. The van der Waals surface area contributed by atoms with E-state index in [9.17, 15) is 18.0 Å². The summed E-state index contributed by atoms with van der Waals surface area (Å²) in [5.41, 5.74) is -0.158. The predicted octanol–water partition coefficient (Wildman–Crippen LogP) is 7.43. The Morgan fingerprint density at radius 1 is 0.857 bits per heavy atom. The summed E-state index contributed by atoms with van der Waals surface area (Å²) in [5.74, 6) is -0.0441. The van der Waals surface area contributed by atoms with Crippen LogP contribution in [-0.4, -0.2) is 27.3 Å². The third kappa shape index (κ3) is 6.21. The molecule has 0 aliphatic rings. The fraction of sp³-hybridized carbons (Fsp3) is 0.160. The number of hydrogen-bond acceptors (Lipinski definition) is 5. The summed E-state index contributed by atoms with van der Waals surface area (Å²) in [6.45, 7) is 0. The Morgan fingerprint density at radius 3 is 2.09 bits per heavy atom. The van der Waals surface area contributed by atoms with Gasteiger partial charge in [-0.05, 0) is 42.0 Å². The molecule has 3 aromatic carbocycles. The highest BCUT2D eigenvalue weighted by Gasteiger charge is 2.30. The Kier molecular flexibility index (Phi) is 8.19. The molecule has 0 amide bonds. The van der Waals surface area contributed by atoms with Gasteiger partial charge in [0.05, 0.1) is 37.5 Å². The normalized spacial score (nSPS) is 11.4. The van der Waals surface area contributed by atoms with E-state index in [0.717, 1.165) is 12.1 Å². The van der Waals surface area contributed by atoms with Crippen LogP contribution in [-0.2, 0) is 6.18 Å². The first-order valence-electron chi connectivity index (χ1n) is 9.94. The Labute approximate surface area is 209 Å². The maximum Gasteiger partial charge on any atom is 0.416 e. The van der Waals surface area contributed by atoms with Gasteiger partial charge in [-0.3, -0.25) is 0 Å². The van der Waals surface area contributed by atoms with Crippen molar-refractivity contribution in [2.24, 2.45) is 0 Å². The minimum atomic E-state index is -4.48. The zero-order chi connectivity index (χ0) is 25.8. The molecule has 0 saturated heterocycles. The van der Waals surface area contributed by atoms with E-state index < -0.39 is 17.7 Å². The number of hydrogen-bond donors (Lipinski definition) is 0. The van der Waals surface area contributed by atoms with E-state index in [2.05, 4.69) is 0 Å². The average Bonchev–Trinajstić information content (AvgIpc) is 2.82. The molecule has 0 fully saturated rings. The lowest BCUT2D eigenvalue weighted by molar-refractivity contribution is -0.137. The summed E-state index contributed by atoms with van der Waals surface area (Å²) in [7, 11) is 4.23. The molecule has 0 heterocycles. The van der Waals surface area contributed by atoms with Crippen molar-refractivity contribution in [3.05, 3.63) is 80.8 Å². The van der Waals surface area contributed by atoms with E-state index in [1.807, 2.05) is 0 Å². The van der Waals surface area contributed by atoms with Crippen LogP contribution in [0.4, 0.5) is 13.2 Å². The summed E-state index contributed by atoms with van der Waals surface area (Å²) >= 11 is 12.4. The fourth-order valence-corrected chi connectivity index (χ4v) is 3.71. The highest BCUT2D eigenvalue weighted by Crippen LogP contribution is 2.39. The number of carbonyl (C=O) groups is 1. The summed E-state index contributed by atoms with van der Waals surface area (Å²) in [5, 5.41) is 0.272. The number of esters is 1. The van der Waals surface area contributed by atoms with Gasteiger partial charge in [0.25, 0.3) is 0 Å². The van der Waals surface area contributed by atoms with Crippen molar-refractivity contribution >= 4 is 41.3 Å². The van der Waals surface area contributed by atoms with Gasteiger partial charge in [0, 0.05) is 10.6 Å². The number of benzene rings is 3. The van der Waals surface area contributed by atoms with Crippen molar-refractivity contribution < 1.29 is 36.9 Å². The smallest absolute Gasteiger partial charge is 0.416 e. The van der Waals surface area contributed by atoms with Gasteiger partial charge >= 0.3 is 12.1 Å². The van der Waals surface area contributed by atoms with Crippen LogP contribution in [0.1, 0.15) is 27.0 Å². The van der Waals surface area contributed by atoms with Crippen LogP contribution in [0.2, 0.25) is 10.0 Å².